The van der Waals surface area contributed by atoms with Crippen molar-refractivity contribution in [3.05, 3.63) is 17.0 Å². The van der Waals surface area contributed by atoms with Crippen LogP contribution >= 0.6 is 23.1 Å². The molecule has 3 heteroatoms. The van der Waals surface area contributed by atoms with Crippen LogP contribution in [0.3, 0.4) is 0 Å². The summed E-state index contributed by atoms with van der Waals surface area (Å²) in [4.78, 5) is 6.17. The average Bonchev–Trinajstić information content (AvgIpc) is 2.82. The molecule has 1 atom stereocenters. The third kappa shape index (κ3) is 3.00. The normalized spacial score (nSPS) is 24.4. The maximum atomic E-state index is 4.78. The monoisotopic (exact) mass is 281 g/mol. The van der Waals surface area contributed by atoms with Crippen molar-refractivity contribution < 1.29 is 0 Å². The highest BCUT2D eigenvalue weighted by molar-refractivity contribution is 8.01. The van der Waals surface area contributed by atoms with Gasteiger partial charge in [0.1, 0.15) is 0 Å². The summed E-state index contributed by atoms with van der Waals surface area (Å²) in [6.07, 6.45) is 1.16. The van der Waals surface area contributed by atoms with Gasteiger partial charge in [0.25, 0.3) is 0 Å². The molecule has 1 unspecified atom stereocenters. The van der Waals surface area contributed by atoms with E-state index in [9.17, 15) is 0 Å². The number of hydrogen-bond donors (Lipinski definition) is 0. The second kappa shape index (κ2) is 5.01. The first-order valence-corrected chi connectivity index (χ1v) is 8.32. The van der Waals surface area contributed by atoms with Crippen molar-refractivity contribution in [3.8, 4) is 0 Å². The predicted octanol–water partition coefficient (Wildman–Crippen LogP) is 5.05. The molecule has 1 aromatic rings. The number of thiophene rings is 1. The van der Waals surface area contributed by atoms with Gasteiger partial charge in [-0.05, 0) is 36.3 Å². The van der Waals surface area contributed by atoms with E-state index in [0.29, 0.717) is 10.8 Å². The molecule has 0 amide bonds. The van der Waals surface area contributed by atoms with Gasteiger partial charge in [-0.2, -0.15) is 0 Å². The van der Waals surface area contributed by atoms with Crippen molar-refractivity contribution in [2.24, 2.45) is 15.8 Å². The van der Waals surface area contributed by atoms with Crippen molar-refractivity contribution in [2.75, 3.05) is 12.3 Å². The molecule has 1 aliphatic heterocycles. The molecule has 18 heavy (non-hydrogen) atoms. The molecule has 0 bridgehead atoms. The number of rotatable bonds is 3. The zero-order valence-electron chi connectivity index (χ0n) is 12.0. The van der Waals surface area contributed by atoms with Crippen LogP contribution in [0, 0.1) is 17.8 Å². The van der Waals surface area contributed by atoms with Crippen LogP contribution in [0.25, 0.3) is 0 Å². The second-order valence-electron chi connectivity index (χ2n) is 6.52. The molecule has 0 aliphatic carbocycles. The maximum Gasteiger partial charge on any atom is 0.0605 e. The van der Waals surface area contributed by atoms with Crippen LogP contribution in [0.5, 0.6) is 0 Å². The summed E-state index contributed by atoms with van der Waals surface area (Å²) >= 11 is 3.82. The summed E-state index contributed by atoms with van der Waals surface area (Å²) in [6.45, 7) is 12.5. The number of aryl methyl sites for hydroxylation is 1. The van der Waals surface area contributed by atoms with E-state index in [2.05, 4.69) is 46.8 Å². The highest BCUT2D eigenvalue weighted by atomic mass is 32.2. The van der Waals surface area contributed by atoms with E-state index in [1.807, 2.05) is 23.1 Å². The van der Waals surface area contributed by atoms with Crippen LogP contribution in [0.15, 0.2) is 21.3 Å². The van der Waals surface area contributed by atoms with Gasteiger partial charge < -0.3 is 0 Å². The first-order chi connectivity index (χ1) is 8.30. The minimum Gasteiger partial charge on any atom is -0.293 e. The minimum atomic E-state index is 0.336. The van der Waals surface area contributed by atoms with Crippen molar-refractivity contribution >= 4 is 28.8 Å². The molecule has 2 heterocycles. The third-order valence-electron chi connectivity index (χ3n) is 4.15. The molecular formula is C15H23NS2. The zero-order chi connectivity index (χ0) is 13.4. The zero-order valence-corrected chi connectivity index (χ0v) is 13.7. The van der Waals surface area contributed by atoms with Crippen molar-refractivity contribution in [2.45, 2.75) is 45.2 Å². The molecule has 0 saturated heterocycles. The second-order valence-corrected chi connectivity index (χ2v) is 9.09. The van der Waals surface area contributed by atoms with Gasteiger partial charge in [-0.1, -0.05) is 27.7 Å². The van der Waals surface area contributed by atoms with Crippen LogP contribution in [-0.2, 0) is 0 Å². The molecule has 2 rings (SSSR count). The first kappa shape index (κ1) is 14.1. The Labute approximate surface area is 119 Å². The highest BCUT2D eigenvalue weighted by Gasteiger charge is 2.41. The number of aliphatic imine (C=N–C) groups is 1. The maximum absolute atomic E-state index is 4.78. The molecule has 0 fully saturated rings. The van der Waals surface area contributed by atoms with Crippen molar-refractivity contribution in [1.29, 1.82) is 0 Å². The fraction of sp³-hybridized carbons (Fsp3) is 0.667. The van der Waals surface area contributed by atoms with E-state index in [1.54, 1.807) is 0 Å². The van der Waals surface area contributed by atoms with Gasteiger partial charge in [0.05, 0.1) is 4.21 Å². The lowest BCUT2D eigenvalue weighted by Crippen LogP contribution is -2.34. The van der Waals surface area contributed by atoms with Gasteiger partial charge >= 0.3 is 0 Å². The molecule has 0 radical (unpaired) electrons. The van der Waals surface area contributed by atoms with E-state index < -0.39 is 0 Å². The Morgan fingerprint density at radius 2 is 2.11 bits per heavy atom. The van der Waals surface area contributed by atoms with Gasteiger partial charge in [-0.15, -0.1) is 23.1 Å². The fourth-order valence-corrected chi connectivity index (χ4v) is 4.15. The van der Waals surface area contributed by atoms with E-state index in [0.717, 1.165) is 18.7 Å². The molecule has 0 spiro atoms. The summed E-state index contributed by atoms with van der Waals surface area (Å²) in [5, 5.41) is 0. The molecule has 100 valence electrons. The van der Waals surface area contributed by atoms with Crippen LogP contribution in [0.1, 0.15) is 39.0 Å². The molecule has 1 nitrogen and oxygen atoms in total. The van der Waals surface area contributed by atoms with E-state index in [-0.39, 0.29) is 0 Å². The van der Waals surface area contributed by atoms with Crippen LogP contribution < -0.4 is 0 Å². The van der Waals surface area contributed by atoms with Gasteiger partial charge in [0.15, 0.2) is 0 Å². The molecule has 1 aromatic heterocycles. The van der Waals surface area contributed by atoms with E-state index in [4.69, 9.17) is 4.99 Å². The Kier molecular flexibility index (Phi) is 3.93. The Morgan fingerprint density at radius 1 is 1.39 bits per heavy atom. The van der Waals surface area contributed by atoms with Crippen molar-refractivity contribution in [3.63, 3.8) is 0 Å². The van der Waals surface area contributed by atoms with Gasteiger partial charge in [-0.25, -0.2) is 0 Å². The minimum absolute atomic E-state index is 0.336. The number of nitrogens with zero attached hydrogens (tertiary/aromatic N) is 1. The van der Waals surface area contributed by atoms with Gasteiger partial charge in [0.2, 0.25) is 0 Å². The summed E-state index contributed by atoms with van der Waals surface area (Å²) in [5.74, 6) is 1.06. The van der Waals surface area contributed by atoms with Gasteiger partial charge in [-0.3, -0.25) is 4.99 Å². The summed E-state index contributed by atoms with van der Waals surface area (Å²) in [6, 6.07) is 4.42. The molecule has 0 aromatic carbocycles. The standard InChI is InChI=1S/C15H23NS2/c1-11-6-7-13(18-11)17-9-12-8-15(5,10-16-12)14(2,3)4/h6-7H,8-10H2,1-5H3. The average molecular weight is 281 g/mol. The lowest BCUT2D eigenvalue weighted by atomic mass is 9.66. The summed E-state index contributed by atoms with van der Waals surface area (Å²) < 4.78 is 1.42. The summed E-state index contributed by atoms with van der Waals surface area (Å²) in [7, 11) is 0. The quantitative estimate of drug-likeness (QED) is 0.707. The molecule has 1 aliphatic rings. The SMILES string of the molecule is Cc1ccc(SCC2=NCC(C)(C(C)(C)C)C2)s1. The van der Waals surface area contributed by atoms with E-state index in [1.165, 1.54) is 14.8 Å². The van der Waals surface area contributed by atoms with Crippen LogP contribution in [0.4, 0.5) is 0 Å². The Morgan fingerprint density at radius 3 is 2.61 bits per heavy atom. The fourth-order valence-electron chi connectivity index (χ4n) is 2.09. The summed E-state index contributed by atoms with van der Waals surface area (Å²) in [5.41, 5.74) is 2.07. The van der Waals surface area contributed by atoms with Gasteiger partial charge in [0, 0.05) is 22.9 Å². The van der Waals surface area contributed by atoms with Crippen LogP contribution in [0.2, 0.25) is 0 Å². The lowest BCUT2D eigenvalue weighted by Gasteiger charge is -2.38. The number of thioether (sulfide) groups is 1. The third-order valence-corrected chi connectivity index (χ3v) is 6.45. The topological polar surface area (TPSA) is 12.4 Å². The predicted molar refractivity (Wildman–Crippen MR) is 84.3 cm³/mol. The molecule has 0 saturated carbocycles. The van der Waals surface area contributed by atoms with E-state index >= 15 is 0 Å². The highest BCUT2D eigenvalue weighted by Crippen LogP contribution is 2.45. The smallest absolute Gasteiger partial charge is 0.0605 e. The number of hydrogen-bond acceptors (Lipinski definition) is 3. The van der Waals surface area contributed by atoms with Crippen molar-refractivity contribution in [1.82, 2.24) is 0 Å². The Hall–Kier alpha value is -0.280. The Balaban J connectivity index is 1.90. The Bertz CT molecular complexity index is 453. The first-order valence-electron chi connectivity index (χ1n) is 6.52. The molecule has 0 N–H and O–H groups in total. The van der Waals surface area contributed by atoms with Crippen LogP contribution in [-0.4, -0.2) is 18.0 Å². The largest absolute Gasteiger partial charge is 0.293 e. The molecular weight excluding hydrogens is 258 g/mol. The lowest BCUT2D eigenvalue weighted by molar-refractivity contribution is 0.138.